The maximum Gasteiger partial charge on any atom is 0.220 e. The van der Waals surface area contributed by atoms with Crippen LogP contribution in [0.3, 0.4) is 0 Å². The van der Waals surface area contributed by atoms with Crippen LogP contribution in [-0.4, -0.2) is 19.6 Å². The van der Waals surface area contributed by atoms with E-state index in [4.69, 9.17) is 9.15 Å². The molecule has 0 atom stereocenters. The first-order valence-corrected chi connectivity index (χ1v) is 7.58. The number of ether oxygens (including phenoxy) is 1. The molecule has 1 amide bonds. The van der Waals surface area contributed by atoms with Gasteiger partial charge in [-0.1, -0.05) is 13.8 Å². The quantitative estimate of drug-likeness (QED) is 0.849. The van der Waals surface area contributed by atoms with Crippen LogP contribution in [-0.2, 0) is 11.2 Å². The molecule has 0 radical (unpaired) electrons. The molecule has 22 heavy (non-hydrogen) atoms. The summed E-state index contributed by atoms with van der Waals surface area (Å²) in [5.41, 5.74) is 0.997. The third-order valence-corrected chi connectivity index (χ3v) is 3.34. The molecule has 4 nitrogen and oxygen atoms in total. The zero-order valence-electron chi connectivity index (χ0n) is 13.4. The predicted molar refractivity (Wildman–Crippen MR) is 86.9 cm³/mol. The lowest BCUT2D eigenvalue weighted by Gasteiger charge is -2.06. The second-order valence-electron chi connectivity index (χ2n) is 5.69. The summed E-state index contributed by atoms with van der Waals surface area (Å²) in [5.74, 6) is 2.98. The molecule has 0 saturated carbocycles. The van der Waals surface area contributed by atoms with Crippen LogP contribution >= 0.6 is 0 Å². The van der Waals surface area contributed by atoms with Gasteiger partial charge in [0.1, 0.15) is 17.3 Å². The number of hydrogen-bond acceptors (Lipinski definition) is 3. The molecule has 0 bridgehead atoms. The molecule has 1 N–H and O–H groups in total. The molecule has 0 unspecified atom stereocenters. The molecule has 0 aliphatic rings. The summed E-state index contributed by atoms with van der Waals surface area (Å²) in [6.07, 6.45) is 1.06. The van der Waals surface area contributed by atoms with Gasteiger partial charge in [-0.3, -0.25) is 4.79 Å². The standard InChI is InChI=1S/C18H23NO3/c1-13(2)12-19-18(20)11-9-16-8-10-17(22-16)14-4-6-15(21-3)7-5-14/h4-8,10,13H,9,11-12H2,1-3H3,(H,19,20). The average Bonchev–Trinajstić information content (AvgIpc) is 3.00. The fourth-order valence-corrected chi connectivity index (χ4v) is 2.07. The number of carbonyl (C=O) groups excluding carboxylic acids is 1. The van der Waals surface area contributed by atoms with Crippen LogP contribution in [0.4, 0.5) is 0 Å². The largest absolute Gasteiger partial charge is 0.497 e. The monoisotopic (exact) mass is 301 g/mol. The normalized spacial score (nSPS) is 10.7. The zero-order valence-corrected chi connectivity index (χ0v) is 13.4. The molecule has 2 aromatic rings. The number of aryl methyl sites for hydroxylation is 1. The van der Waals surface area contributed by atoms with E-state index in [2.05, 4.69) is 19.2 Å². The first kappa shape index (κ1) is 16.1. The molecule has 0 aliphatic heterocycles. The van der Waals surface area contributed by atoms with Gasteiger partial charge in [0.25, 0.3) is 0 Å². The van der Waals surface area contributed by atoms with Crippen LogP contribution in [0.1, 0.15) is 26.0 Å². The highest BCUT2D eigenvalue weighted by molar-refractivity contribution is 5.76. The Labute approximate surface area is 131 Å². The van der Waals surface area contributed by atoms with Gasteiger partial charge in [-0.15, -0.1) is 0 Å². The molecule has 0 saturated heterocycles. The summed E-state index contributed by atoms with van der Waals surface area (Å²) in [6, 6.07) is 11.6. The van der Waals surface area contributed by atoms with Gasteiger partial charge >= 0.3 is 0 Å². The van der Waals surface area contributed by atoms with Crippen molar-refractivity contribution < 1.29 is 13.9 Å². The molecule has 1 aromatic heterocycles. The Morgan fingerprint density at radius 2 is 1.91 bits per heavy atom. The Hall–Kier alpha value is -2.23. The van der Waals surface area contributed by atoms with Gasteiger partial charge in [-0.2, -0.15) is 0 Å². The smallest absolute Gasteiger partial charge is 0.220 e. The van der Waals surface area contributed by atoms with E-state index in [-0.39, 0.29) is 5.91 Å². The van der Waals surface area contributed by atoms with Crippen molar-refractivity contribution in [1.29, 1.82) is 0 Å². The first-order valence-electron chi connectivity index (χ1n) is 7.58. The van der Waals surface area contributed by atoms with Crippen LogP contribution in [0.25, 0.3) is 11.3 Å². The van der Waals surface area contributed by atoms with Crippen molar-refractivity contribution in [2.24, 2.45) is 5.92 Å². The van der Waals surface area contributed by atoms with Crippen molar-refractivity contribution in [2.75, 3.05) is 13.7 Å². The fraction of sp³-hybridized carbons (Fsp3) is 0.389. The first-order chi connectivity index (χ1) is 10.6. The highest BCUT2D eigenvalue weighted by atomic mass is 16.5. The fourth-order valence-electron chi connectivity index (χ4n) is 2.07. The molecular weight excluding hydrogens is 278 g/mol. The maximum atomic E-state index is 11.7. The maximum absolute atomic E-state index is 11.7. The minimum absolute atomic E-state index is 0.0658. The predicted octanol–water partition coefficient (Wildman–Crippen LogP) is 3.66. The molecule has 0 spiro atoms. The molecule has 2 rings (SSSR count). The Bertz CT molecular complexity index is 599. The second-order valence-corrected chi connectivity index (χ2v) is 5.69. The highest BCUT2D eigenvalue weighted by Crippen LogP contribution is 2.24. The third-order valence-electron chi connectivity index (χ3n) is 3.34. The van der Waals surface area contributed by atoms with E-state index in [0.717, 1.165) is 22.8 Å². The summed E-state index contributed by atoms with van der Waals surface area (Å²) in [5, 5.41) is 2.91. The van der Waals surface area contributed by atoms with Gasteiger partial charge in [0, 0.05) is 24.9 Å². The van der Waals surface area contributed by atoms with E-state index in [1.807, 2.05) is 36.4 Å². The number of benzene rings is 1. The van der Waals surface area contributed by atoms with Crippen LogP contribution < -0.4 is 10.1 Å². The van der Waals surface area contributed by atoms with E-state index in [1.165, 1.54) is 0 Å². The highest BCUT2D eigenvalue weighted by Gasteiger charge is 2.08. The summed E-state index contributed by atoms with van der Waals surface area (Å²) >= 11 is 0. The summed E-state index contributed by atoms with van der Waals surface area (Å²) in [7, 11) is 1.64. The van der Waals surface area contributed by atoms with Gasteiger partial charge in [-0.25, -0.2) is 0 Å². The van der Waals surface area contributed by atoms with Gasteiger partial charge in [-0.05, 0) is 42.3 Å². The van der Waals surface area contributed by atoms with E-state index in [9.17, 15) is 4.79 Å². The van der Waals surface area contributed by atoms with Crippen molar-refractivity contribution in [3.05, 3.63) is 42.2 Å². The molecule has 0 aliphatic carbocycles. The Balaban J connectivity index is 1.89. The lowest BCUT2D eigenvalue weighted by atomic mass is 10.2. The molecule has 4 heteroatoms. The number of amides is 1. The van der Waals surface area contributed by atoms with Gasteiger partial charge in [0.05, 0.1) is 7.11 Å². The minimum atomic E-state index is 0.0658. The molecule has 118 valence electrons. The van der Waals surface area contributed by atoms with Crippen molar-refractivity contribution in [3.63, 3.8) is 0 Å². The van der Waals surface area contributed by atoms with E-state index in [0.29, 0.717) is 25.3 Å². The Morgan fingerprint density at radius 1 is 1.18 bits per heavy atom. The van der Waals surface area contributed by atoms with Crippen molar-refractivity contribution in [3.8, 4) is 17.1 Å². The molecule has 0 fully saturated rings. The van der Waals surface area contributed by atoms with E-state index < -0.39 is 0 Å². The third kappa shape index (κ3) is 4.65. The van der Waals surface area contributed by atoms with Crippen molar-refractivity contribution in [2.45, 2.75) is 26.7 Å². The second kappa shape index (κ2) is 7.69. The summed E-state index contributed by atoms with van der Waals surface area (Å²) < 4.78 is 10.9. The molecule has 1 aromatic carbocycles. The average molecular weight is 301 g/mol. The Morgan fingerprint density at radius 3 is 2.55 bits per heavy atom. The number of rotatable bonds is 7. The zero-order chi connectivity index (χ0) is 15.9. The lowest BCUT2D eigenvalue weighted by molar-refractivity contribution is -0.121. The van der Waals surface area contributed by atoms with Gasteiger partial charge in [0.15, 0.2) is 0 Å². The minimum Gasteiger partial charge on any atom is -0.497 e. The summed E-state index contributed by atoms with van der Waals surface area (Å²) in [4.78, 5) is 11.7. The number of furan rings is 1. The number of nitrogens with one attached hydrogen (secondary N) is 1. The van der Waals surface area contributed by atoms with Gasteiger partial charge in [0.2, 0.25) is 5.91 Å². The van der Waals surface area contributed by atoms with E-state index in [1.54, 1.807) is 7.11 Å². The molecular formula is C18H23NO3. The van der Waals surface area contributed by atoms with Crippen LogP contribution in [0.15, 0.2) is 40.8 Å². The number of carbonyl (C=O) groups is 1. The van der Waals surface area contributed by atoms with Gasteiger partial charge < -0.3 is 14.5 Å². The van der Waals surface area contributed by atoms with Crippen LogP contribution in [0.5, 0.6) is 5.75 Å². The number of hydrogen-bond donors (Lipinski definition) is 1. The molecule has 1 heterocycles. The van der Waals surface area contributed by atoms with Crippen molar-refractivity contribution in [1.82, 2.24) is 5.32 Å². The van der Waals surface area contributed by atoms with Crippen LogP contribution in [0.2, 0.25) is 0 Å². The lowest BCUT2D eigenvalue weighted by Crippen LogP contribution is -2.27. The van der Waals surface area contributed by atoms with E-state index >= 15 is 0 Å². The topological polar surface area (TPSA) is 51.5 Å². The van der Waals surface area contributed by atoms with Crippen LogP contribution in [0, 0.1) is 5.92 Å². The SMILES string of the molecule is COc1ccc(-c2ccc(CCC(=O)NCC(C)C)o2)cc1. The Kier molecular flexibility index (Phi) is 5.64. The summed E-state index contributed by atoms with van der Waals surface area (Å²) in [6.45, 7) is 4.87. The number of methoxy groups -OCH3 is 1. The van der Waals surface area contributed by atoms with Crippen molar-refractivity contribution >= 4 is 5.91 Å².